The third-order valence-corrected chi connectivity index (χ3v) is 6.75. The number of aromatic nitrogens is 2. The van der Waals surface area contributed by atoms with Crippen molar-refractivity contribution in [2.24, 2.45) is 0 Å². The highest BCUT2D eigenvalue weighted by Crippen LogP contribution is 2.37. The maximum Gasteiger partial charge on any atom is 0.216 e. The van der Waals surface area contributed by atoms with E-state index in [0.29, 0.717) is 42.0 Å². The minimum atomic E-state index is -0.947. The van der Waals surface area contributed by atoms with Gasteiger partial charge in [-0.1, -0.05) is 6.07 Å². The van der Waals surface area contributed by atoms with Crippen LogP contribution in [0.1, 0.15) is 35.7 Å². The molecule has 1 fully saturated rings. The van der Waals surface area contributed by atoms with Crippen molar-refractivity contribution in [3.8, 4) is 17.2 Å². The van der Waals surface area contributed by atoms with Crippen LogP contribution in [0.2, 0.25) is 0 Å². The van der Waals surface area contributed by atoms with Crippen molar-refractivity contribution >= 4 is 28.4 Å². The van der Waals surface area contributed by atoms with Gasteiger partial charge in [-0.05, 0) is 37.1 Å². The Labute approximate surface area is 233 Å². The SMILES string of the molecule is COc1cnc2[nH]cc(C(=O)c3ccc(Oc4c(F)cccc4F)cc3F)c2c1N[C@@H]1CC[C@@H](CNC(C)=O)OC1. The number of hydrogen-bond donors (Lipinski definition) is 3. The fourth-order valence-electron chi connectivity index (χ4n) is 4.68. The predicted octanol–water partition coefficient (Wildman–Crippen LogP) is 5.11. The highest BCUT2D eigenvalue weighted by Gasteiger charge is 2.27. The Kier molecular flexibility index (Phi) is 8.11. The fraction of sp³-hybridized carbons (Fsp3) is 0.276. The van der Waals surface area contributed by atoms with Crippen LogP contribution in [0.15, 0.2) is 48.8 Å². The molecule has 0 spiro atoms. The number of ketones is 1. The van der Waals surface area contributed by atoms with Crippen molar-refractivity contribution in [1.29, 1.82) is 0 Å². The van der Waals surface area contributed by atoms with E-state index in [1.807, 2.05) is 0 Å². The van der Waals surface area contributed by atoms with E-state index in [2.05, 4.69) is 20.6 Å². The van der Waals surface area contributed by atoms with E-state index < -0.39 is 29.0 Å². The summed E-state index contributed by atoms with van der Waals surface area (Å²) in [6.07, 6.45) is 4.26. The van der Waals surface area contributed by atoms with Crippen LogP contribution in [0.3, 0.4) is 0 Å². The Morgan fingerprint density at radius 1 is 1.10 bits per heavy atom. The number of methoxy groups -OCH3 is 1. The van der Waals surface area contributed by atoms with E-state index in [-0.39, 0.29) is 34.9 Å². The molecule has 1 aliphatic heterocycles. The van der Waals surface area contributed by atoms with Crippen LogP contribution in [0.5, 0.6) is 17.2 Å². The molecular formula is C29H27F3N4O5. The van der Waals surface area contributed by atoms with Gasteiger partial charge >= 0.3 is 0 Å². The average Bonchev–Trinajstić information content (AvgIpc) is 3.39. The zero-order chi connectivity index (χ0) is 29.1. The molecule has 12 heteroatoms. The number of fused-ring (bicyclic) bond motifs is 1. The van der Waals surface area contributed by atoms with E-state index in [9.17, 15) is 18.4 Å². The number of hydrogen-bond acceptors (Lipinski definition) is 7. The number of benzene rings is 2. The van der Waals surface area contributed by atoms with Crippen molar-refractivity contribution in [3.05, 3.63) is 77.4 Å². The summed E-state index contributed by atoms with van der Waals surface area (Å²) < 4.78 is 59.7. The lowest BCUT2D eigenvalue weighted by molar-refractivity contribution is -0.119. The van der Waals surface area contributed by atoms with E-state index in [1.54, 1.807) is 0 Å². The van der Waals surface area contributed by atoms with Gasteiger partial charge in [0, 0.05) is 31.8 Å². The molecule has 0 aliphatic carbocycles. The summed E-state index contributed by atoms with van der Waals surface area (Å²) in [6, 6.07) is 6.42. The molecular weight excluding hydrogens is 541 g/mol. The summed E-state index contributed by atoms with van der Waals surface area (Å²) >= 11 is 0. The third kappa shape index (κ3) is 5.97. The quantitative estimate of drug-likeness (QED) is 0.241. The molecule has 3 N–H and O–H groups in total. The molecule has 1 amide bonds. The fourth-order valence-corrected chi connectivity index (χ4v) is 4.68. The van der Waals surface area contributed by atoms with Crippen LogP contribution < -0.4 is 20.1 Å². The molecule has 5 rings (SSSR count). The van der Waals surface area contributed by atoms with Gasteiger partial charge in [-0.15, -0.1) is 0 Å². The second-order valence-corrected chi connectivity index (χ2v) is 9.56. The highest BCUT2D eigenvalue weighted by atomic mass is 19.1. The zero-order valence-corrected chi connectivity index (χ0v) is 22.2. The number of amides is 1. The molecule has 3 heterocycles. The summed E-state index contributed by atoms with van der Waals surface area (Å²) in [4.78, 5) is 32.0. The van der Waals surface area contributed by atoms with Gasteiger partial charge in [0.05, 0.1) is 48.2 Å². The number of aromatic amines is 1. The molecule has 0 radical (unpaired) electrons. The molecule has 41 heavy (non-hydrogen) atoms. The Balaban J connectivity index is 1.40. The normalized spacial score (nSPS) is 16.8. The number of carbonyl (C=O) groups excluding carboxylic acids is 2. The monoisotopic (exact) mass is 568 g/mol. The number of nitrogens with one attached hydrogen (secondary N) is 3. The lowest BCUT2D eigenvalue weighted by atomic mass is 10.0. The van der Waals surface area contributed by atoms with Gasteiger partial charge in [0.15, 0.2) is 28.9 Å². The van der Waals surface area contributed by atoms with Crippen molar-refractivity contribution in [2.75, 3.05) is 25.6 Å². The second kappa shape index (κ2) is 11.9. The van der Waals surface area contributed by atoms with Gasteiger partial charge in [-0.3, -0.25) is 9.59 Å². The summed E-state index contributed by atoms with van der Waals surface area (Å²) in [5.41, 5.74) is 0.739. The van der Waals surface area contributed by atoms with Gasteiger partial charge in [0.1, 0.15) is 17.2 Å². The molecule has 9 nitrogen and oxygen atoms in total. The lowest BCUT2D eigenvalue weighted by Crippen LogP contribution is -2.40. The second-order valence-electron chi connectivity index (χ2n) is 9.56. The Morgan fingerprint density at radius 2 is 1.88 bits per heavy atom. The van der Waals surface area contributed by atoms with Crippen molar-refractivity contribution in [1.82, 2.24) is 15.3 Å². The van der Waals surface area contributed by atoms with Crippen LogP contribution in [-0.4, -0.2) is 54.1 Å². The topological polar surface area (TPSA) is 115 Å². The Hall–Kier alpha value is -4.58. The number of pyridine rings is 1. The summed E-state index contributed by atoms with van der Waals surface area (Å²) in [5.74, 6) is -4.08. The third-order valence-electron chi connectivity index (χ3n) is 6.75. The predicted molar refractivity (Wildman–Crippen MR) is 144 cm³/mol. The standard InChI is InChI=1S/C29H27F3N4O5/c1-15(37)33-11-18-7-6-16(14-40-18)36-26-24(39-2)13-35-29-25(26)20(12-34-29)27(38)19-9-8-17(10-23(19)32)41-28-21(30)4-3-5-22(28)31/h3-5,8-10,12-13,16,18H,6-7,11,14H2,1-2H3,(H,33,37)(H2,34,35,36)/t16-,18+/m1/s1. The van der Waals surface area contributed by atoms with Crippen molar-refractivity contribution < 1.29 is 37.0 Å². The van der Waals surface area contributed by atoms with E-state index in [4.69, 9.17) is 14.2 Å². The lowest BCUT2D eigenvalue weighted by Gasteiger charge is -2.30. The molecule has 0 unspecified atom stereocenters. The summed E-state index contributed by atoms with van der Waals surface area (Å²) in [5, 5.41) is 6.55. The highest BCUT2D eigenvalue weighted by molar-refractivity contribution is 6.19. The van der Waals surface area contributed by atoms with Gasteiger partial charge in [0.25, 0.3) is 0 Å². The summed E-state index contributed by atoms with van der Waals surface area (Å²) in [6.45, 7) is 2.22. The average molecular weight is 569 g/mol. The van der Waals surface area contributed by atoms with Crippen LogP contribution in [-0.2, 0) is 9.53 Å². The zero-order valence-electron chi connectivity index (χ0n) is 22.2. The number of carbonyl (C=O) groups is 2. The maximum atomic E-state index is 15.2. The first-order valence-corrected chi connectivity index (χ1v) is 12.9. The number of rotatable bonds is 9. The molecule has 2 aromatic heterocycles. The van der Waals surface area contributed by atoms with Gasteiger partial charge in [0.2, 0.25) is 5.91 Å². The molecule has 214 valence electrons. The molecule has 1 saturated heterocycles. The summed E-state index contributed by atoms with van der Waals surface area (Å²) in [7, 11) is 1.47. The molecule has 2 atom stereocenters. The van der Waals surface area contributed by atoms with Crippen LogP contribution in [0.4, 0.5) is 18.9 Å². The van der Waals surface area contributed by atoms with Gasteiger partial charge in [-0.25, -0.2) is 18.2 Å². The van der Waals surface area contributed by atoms with Crippen LogP contribution >= 0.6 is 0 Å². The van der Waals surface area contributed by atoms with Crippen LogP contribution in [0.25, 0.3) is 11.0 Å². The minimum absolute atomic E-state index is 0.106. The largest absolute Gasteiger partial charge is 0.493 e. The molecule has 2 aromatic carbocycles. The molecule has 0 saturated carbocycles. The van der Waals surface area contributed by atoms with E-state index in [0.717, 1.165) is 24.6 Å². The molecule has 4 aromatic rings. The first-order valence-electron chi connectivity index (χ1n) is 12.9. The smallest absolute Gasteiger partial charge is 0.216 e. The minimum Gasteiger partial charge on any atom is -0.493 e. The molecule has 0 bridgehead atoms. The first kappa shape index (κ1) is 28.0. The number of H-pyrrole nitrogens is 1. The number of nitrogens with zero attached hydrogens (tertiary/aromatic N) is 1. The Bertz CT molecular complexity index is 1580. The first-order chi connectivity index (χ1) is 19.7. The molecule has 1 aliphatic rings. The number of halogens is 3. The van der Waals surface area contributed by atoms with E-state index in [1.165, 1.54) is 44.6 Å². The van der Waals surface area contributed by atoms with E-state index >= 15 is 4.39 Å². The number of para-hydroxylation sites is 1. The van der Waals surface area contributed by atoms with Crippen molar-refractivity contribution in [3.63, 3.8) is 0 Å². The Morgan fingerprint density at radius 3 is 2.54 bits per heavy atom. The number of ether oxygens (including phenoxy) is 3. The van der Waals surface area contributed by atoms with Crippen molar-refractivity contribution in [2.45, 2.75) is 31.9 Å². The number of anilines is 1. The van der Waals surface area contributed by atoms with Crippen LogP contribution in [0, 0.1) is 17.5 Å². The van der Waals surface area contributed by atoms with Gasteiger partial charge < -0.3 is 29.8 Å². The van der Waals surface area contributed by atoms with Gasteiger partial charge in [-0.2, -0.15) is 0 Å². The maximum absolute atomic E-state index is 15.2.